The molecule has 0 saturated carbocycles. The standard InChI is InChI=1S/C19H26N6/c1-5-14(4)22-19-23-17(20-11-15-9-7-6-8-10-15)16-18(24-19)25(12-21-16)13(2)3/h6-10,12-14H,5,11H2,1-4H3,(H2,20,22,23,24). The highest BCUT2D eigenvalue weighted by Crippen LogP contribution is 2.24. The number of aromatic nitrogens is 4. The lowest BCUT2D eigenvalue weighted by molar-refractivity contribution is 0.612. The number of fused-ring (bicyclic) bond motifs is 1. The SMILES string of the molecule is CCC(C)Nc1nc(NCc2ccccc2)c2ncn(C(C)C)c2n1. The topological polar surface area (TPSA) is 67.7 Å². The van der Waals surface area contributed by atoms with Crippen LogP contribution in [-0.4, -0.2) is 25.6 Å². The van der Waals surface area contributed by atoms with E-state index in [-0.39, 0.29) is 0 Å². The minimum absolute atomic E-state index is 0.290. The van der Waals surface area contributed by atoms with E-state index >= 15 is 0 Å². The summed E-state index contributed by atoms with van der Waals surface area (Å²) in [6, 6.07) is 10.9. The molecule has 25 heavy (non-hydrogen) atoms. The van der Waals surface area contributed by atoms with Crippen molar-refractivity contribution in [2.75, 3.05) is 10.6 Å². The summed E-state index contributed by atoms with van der Waals surface area (Å²) >= 11 is 0. The Hall–Kier alpha value is -2.63. The number of hydrogen-bond acceptors (Lipinski definition) is 5. The van der Waals surface area contributed by atoms with Gasteiger partial charge < -0.3 is 15.2 Å². The number of hydrogen-bond donors (Lipinski definition) is 2. The number of imidazole rings is 1. The molecule has 0 aliphatic heterocycles. The van der Waals surface area contributed by atoms with Gasteiger partial charge in [-0.05, 0) is 32.8 Å². The van der Waals surface area contributed by atoms with Crippen LogP contribution in [0.5, 0.6) is 0 Å². The summed E-state index contributed by atoms with van der Waals surface area (Å²) in [7, 11) is 0. The van der Waals surface area contributed by atoms with Crippen LogP contribution in [0.4, 0.5) is 11.8 Å². The Morgan fingerprint density at radius 2 is 1.84 bits per heavy atom. The van der Waals surface area contributed by atoms with E-state index in [1.807, 2.05) is 24.5 Å². The lowest BCUT2D eigenvalue weighted by atomic mass is 10.2. The fourth-order valence-electron chi connectivity index (χ4n) is 2.59. The number of benzene rings is 1. The first kappa shape index (κ1) is 17.2. The van der Waals surface area contributed by atoms with Crippen LogP contribution in [0.3, 0.4) is 0 Å². The number of nitrogens with one attached hydrogen (secondary N) is 2. The molecule has 0 aliphatic carbocycles. The molecule has 6 heteroatoms. The molecule has 2 aromatic heterocycles. The van der Waals surface area contributed by atoms with E-state index in [2.05, 4.69) is 65.0 Å². The molecule has 132 valence electrons. The van der Waals surface area contributed by atoms with Crippen LogP contribution in [-0.2, 0) is 6.54 Å². The Balaban J connectivity index is 1.96. The van der Waals surface area contributed by atoms with E-state index in [0.717, 1.165) is 23.4 Å². The van der Waals surface area contributed by atoms with Gasteiger partial charge in [0.05, 0.1) is 6.33 Å². The largest absolute Gasteiger partial charge is 0.364 e. The van der Waals surface area contributed by atoms with E-state index in [0.29, 0.717) is 24.6 Å². The summed E-state index contributed by atoms with van der Waals surface area (Å²) < 4.78 is 2.08. The second-order valence-electron chi connectivity index (χ2n) is 6.61. The van der Waals surface area contributed by atoms with Crippen LogP contribution in [0.2, 0.25) is 0 Å². The maximum absolute atomic E-state index is 4.70. The van der Waals surface area contributed by atoms with E-state index in [1.165, 1.54) is 5.56 Å². The third kappa shape index (κ3) is 3.90. The average molecular weight is 338 g/mol. The molecule has 0 radical (unpaired) electrons. The molecule has 3 rings (SSSR count). The Morgan fingerprint density at radius 1 is 1.08 bits per heavy atom. The molecular weight excluding hydrogens is 312 g/mol. The zero-order chi connectivity index (χ0) is 17.8. The second kappa shape index (κ2) is 7.51. The van der Waals surface area contributed by atoms with E-state index in [9.17, 15) is 0 Å². The summed E-state index contributed by atoms with van der Waals surface area (Å²) in [5.74, 6) is 1.40. The van der Waals surface area contributed by atoms with E-state index < -0.39 is 0 Å². The molecule has 1 atom stereocenters. The highest BCUT2D eigenvalue weighted by atomic mass is 15.2. The fraction of sp³-hybridized carbons (Fsp3) is 0.421. The molecule has 0 spiro atoms. The maximum atomic E-state index is 4.70. The first-order valence-electron chi connectivity index (χ1n) is 8.87. The Labute approximate surface area is 148 Å². The Bertz CT molecular complexity index is 825. The van der Waals surface area contributed by atoms with Gasteiger partial charge in [-0.1, -0.05) is 37.3 Å². The fourth-order valence-corrected chi connectivity index (χ4v) is 2.59. The average Bonchev–Trinajstić information content (AvgIpc) is 3.04. The monoisotopic (exact) mass is 338 g/mol. The molecule has 1 unspecified atom stereocenters. The Kier molecular flexibility index (Phi) is 5.16. The van der Waals surface area contributed by atoms with Gasteiger partial charge in [-0.3, -0.25) is 0 Å². The zero-order valence-electron chi connectivity index (χ0n) is 15.3. The van der Waals surface area contributed by atoms with Gasteiger partial charge >= 0.3 is 0 Å². The third-order valence-corrected chi connectivity index (χ3v) is 4.27. The molecule has 0 saturated heterocycles. The quantitative estimate of drug-likeness (QED) is 0.675. The van der Waals surface area contributed by atoms with Gasteiger partial charge in [0.15, 0.2) is 17.0 Å². The predicted molar refractivity (Wildman–Crippen MR) is 103 cm³/mol. The van der Waals surface area contributed by atoms with Crippen LogP contribution in [0.25, 0.3) is 11.2 Å². The van der Waals surface area contributed by atoms with Crippen molar-refractivity contribution in [3.05, 3.63) is 42.2 Å². The summed E-state index contributed by atoms with van der Waals surface area (Å²) in [5.41, 5.74) is 2.86. The molecular formula is C19H26N6. The van der Waals surface area contributed by atoms with Crippen LogP contribution in [0, 0.1) is 0 Å². The second-order valence-corrected chi connectivity index (χ2v) is 6.61. The van der Waals surface area contributed by atoms with Gasteiger partial charge in [0.2, 0.25) is 5.95 Å². The maximum Gasteiger partial charge on any atom is 0.226 e. The van der Waals surface area contributed by atoms with E-state index in [1.54, 1.807) is 0 Å². The summed E-state index contributed by atoms with van der Waals surface area (Å²) in [6.45, 7) is 9.22. The molecule has 2 N–H and O–H groups in total. The molecule has 2 heterocycles. The lowest BCUT2D eigenvalue weighted by Crippen LogP contribution is -2.17. The van der Waals surface area contributed by atoms with Crippen molar-refractivity contribution in [3.8, 4) is 0 Å². The smallest absolute Gasteiger partial charge is 0.226 e. The van der Waals surface area contributed by atoms with Crippen molar-refractivity contribution >= 4 is 22.9 Å². The van der Waals surface area contributed by atoms with Crippen LogP contribution < -0.4 is 10.6 Å². The molecule has 3 aromatic rings. The van der Waals surface area contributed by atoms with Gasteiger partial charge in [0.1, 0.15) is 0 Å². The van der Waals surface area contributed by atoms with Crippen LogP contribution in [0.1, 0.15) is 45.7 Å². The van der Waals surface area contributed by atoms with Gasteiger partial charge in [-0.15, -0.1) is 0 Å². The molecule has 0 fully saturated rings. The van der Waals surface area contributed by atoms with Gasteiger partial charge in [0, 0.05) is 18.6 Å². The third-order valence-electron chi connectivity index (χ3n) is 4.27. The van der Waals surface area contributed by atoms with Crippen molar-refractivity contribution in [1.82, 2.24) is 19.5 Å². The predicted octanol–water partition coefficient (Wildman–Crippen LogP) is 4.23. The zero-order valence-corrected chi connectivity index (χ0v) is 15.3. The summed E-state index contributed by atoms with van der Waals surface area (Å²) in [5, 5.41) is 6.80. The first-order chi connectivity index (χ1) is 12.1. The normalized spacial score (nSPS) is 12.5. The summed E-state index contributed by atoms with van der Waals surface area (Å²) in [6.07, 6.45) is 2.85. The first-order valence-corrected chi connectivity index (χ1v) is 8.87. The highest BCUT2D eigenvalue weighted by molar-refractivity contribution is 5.84. The molecule has 1 aromatic carbocycles. The van der Waals surface area contributed by atoms with Gasteiger partial charge in [-0.2, -0.15) is 9.97 Å². The number of anilines is 2. The van der Waals surface area contributed by atoms with Crippen molar-refractivity contribution in [3.63, 3.8) is 0 Å². The van der Waals surface area contributed by atoms with Crippen LogP contribution >= 0.6 is 0 Å². The molecule has 0 amide bonds. The Morgan fingerprint density at radius 3 is 2.52 bits per heavy atom. The number of nitrogens with zero attached hydrogens (tertiary/aromatic N) is 4. The van der Waals surface area contributed by atoms with Crippen LogP contribution in [0.15, 0.2) is 36.7 Å². The highest BCUT2D eigenvalue weighted by Gasteiger charge is 2.15. The van der Waals surface area contributed by atoms with Gasteiger partial charge in [-0.25, -0.2) is 4.98 Å². The number of rotatable bonds is 7. The van der Waals surface area contributed by atoms with E-state index in [4.69, 9.17) is 4.98 Å². The minimum atomic E-state index is 0.290. The van der Waals surface area contributed by atoms with Crippen molar-refractivity contribution < 1.29 is 0 Å². The van der Waals surface area contributed by atoms with Crippen molar-refractivity contribution in [1.29, 1.82) is 0 Å². The lowest BCUT2D eigenvalue weighted by Gasteiger charge is -2.14. The molecule has 0 bridgehead atoms. The van der Waals surface area contributed by atoms with Crippen molar-refractivity contribution in [2.45, 2.75) is 52.7 Å². The molecule has 0 aliphatic rings. The van der Waals surface area contributed by atoms with Crippen molar-refractivity contribution in [2.24, 2.45) is 0 Å². The van der Waals surface area contributed by atoms with Gasteiger partial charge in [0.25, 0.3) is 0 Å². The minimum Gasteiger partial charge on any atom is -0.364 e. The summed E-state index contributed by atoms with van der Waals surface area (Å²) in [4.78, 5) is 13.9. The molecule has 6 nitrogen and oxygen atoms in total.